The van der Waals surface area contributed by atoms with Gasteiger partial charge in [0.1, 0.15) is 5.82 Å². The molecule has 0 bridgehead atoms. The molecular formula is C14H16FN3O. The van der Waals surface area contributed by atoms with Gasteiger partial charge in [-0.15, -0.1) is 0 Å². The molecule has 100 valence electrons. The van der Waals surface area contributed by atoms with Crippen LogP contribution in [-0.2, 0) is 13.5 Å². The van der Waals surface area contributed by atoms with E-state index in [-0.39, 0.29) is 11.7 Å². The van der Waals surface area contributed by atoms with Crippen LogP contribution in [-0.4, -0.2) is 22.2 Å². The maximum atomic E-state index is 12.7. The van der Waals surface area contributed by atoms with E-state index in [0.29, 0.717) is 24.2 Å². The van der Waals surface area contributed by atoms with E-state index in [1.54, 1.807) is 37.0 Å². The molecule has 19 heavy (non-hydrogen) atoms. The van der Waals surface area contributed by atoms with Crippen molar-refractivity contribution in [3.8, 4) is 0 Å². The first-order valence-corrected chi connectivity index (χ1v) is 6.09. The fourth-order valence-corrected chi connectivity index (χ4v) is 1.89. The Hall–Kier alpha value is -2.17. The molecule has 1 aromatic heterocycles. The Morgan fingerprint density at radius 3 is 2.63 bits per heavy atom. The van der Waals surface area contributed by atoms with Crippen molar-refractivity contribution in [1.82, 2.24) is 15.1 Å². The quantitative estimate of drug-likeness (QED) is 0.913. The zero-order chi connectivity index (χ0) is 13.8. The number of rotatable bonds is 4. The third-order valence-electron chi connectivity index (χ3n) is 2.87. The number of halogens is 1. The Morgan fingerprint density at radius 2 is 2.05 bits per heavy atom. The second-order valence-electron chi connectivity index (χ2n) is 4.43. The van der Waals surface area contributed by atoms with Crippen LogP contribution in [0.4, 0.5) is 4.39 Å². The largest absolute Gasteiger partial charge is 0.352 e. The van der Waals surface area contributed by atoms with Crippen LogP contribution in [0.25, 0.3) is 0 Å². The normalized spacial score (nSPS) is 10.5. The van der Waals surface area contributed by atoms with Gasteiger partial charge in [-0.05, 0) is 31.0 Å². The van der Waals surface area contributed by atoms with E-state index in [4.69, 9.17) is 0 Å². The Balaban J connectivity index is 1.87. The van der Waals surface area contributed by atoms with Gasteiger partial charge in [0.15, 0.2) is 0 Å². The van der Waals surface area contributed by atoms with Crippen LogP contribution in [0.1, 0.15) is 21.6 Å². The minimum absolute atomic E-state index is 0.132. The summed E-state index contributed by atoms with van der Waals surface area (Å²) < 4.78 is 14.3. The van der Waals surface area contributed by atoms with Crippen LogP contribution >= 0.6 is 0 Å². The first-order chi connectivity index (χ1) is 9.06. The predicted molar refractivity (Wildman–Crippen MR) is 70.4 cm³/mol. The Kier molecular flexibility index (Phi) is 3.94. The maximum absolute atomic E-state index is 12.7. The molecule has 0 saturated carbocycles. The zero-order valence-electron chi connectivity index (χ0n) is 11.0. The summed E-state index contributed by atoms with van der Waals surface area (Å²) in [7, 11) is 1.78. The summed E-state index contributed by atoms with van der Waals surface area (Å²) in [4.78, 5) is 11.9. The molecule has 5 heteroatoms. The molecule has 0 atom stereocenters. The third kappa shape index (κ3) is 3.40. The van der Waals surface area contributed by atoms with Gasteiger partial charge in [-0.3, -0.25) is 9.48 Å². The van der Waals surface area contributed by atoms with Crippen molar-refractivity contribution >= 4 is 5.91 Å². The fourth-order valence-electron chi connectivity index (χ4n) is 1.89. The summed E-state index contributed by atoms with van der Waals surface area (Å²) in [6, 6.07) is 6.28. The minimum atomic E-state index is -0.251. The monoisotopic (exact) mass is 261 g/mol. The number of benzene rings is 1. The summed E-state index contributed by atoms with van der Waals surface area (Å²) >= 11 is 0. The molecule has 0 aliphatic carbocycles. The van der Waals surface area contributed by atoms with Gasteiger partial charge in [0.2, 0.25) is 0 Å². The smallest absolute Gasteiger partial charge is 0.254 e. The number of nitrogens with zero attached hydrogens (tertiary/aromatic N) is 2. The molecule has 1 heterocycles. The lowest BCUT2D eigenvalue weighted by atomic mass is 10.1. The second kappa shape index (κ2) is 5.65. The highest BCUT2D eigenvalue weighted by Gasteiger charge is 2.11. The molecule has 1 aromatic carbocycles. The van der Waals surface area contributed by atoms with E-state index < -0.39 is 0 Å². The maximum Gasteiger partial charge on any atom is 0.254 e. The highest BCUT2D eigenvalue weighted by atomic mass is 19.1. The molecule has 2 aromatic rings. The molecule has 0 unspecified atom stereocenters. The van der Waals surface area contributed by atoms with E-state index in [0.717, 1.165) is 5.56 Å². The van der Waals surface area contributed by atoms with Crippen LogP contribution < -0.4 is 5.32 Å². The SMILES string of the molecule is Cc1nn(C)cc1C(=O)NCCc1ccc(F)cc1. The topological polar surface area (TPSA) is 46.9 Å². The number of carbonyl (C=O) groups excluding carboxylic acids is 1. The first kappa shape index (κ1) is 13.3. The number of hydrogen-bond donors (Lipinski definition) is 1. The number of amides is 1. The van der Waals surface area contributed by atoms with Crippen LogP contribution in [0.3, 0.4) is 0 Å². The highest BCUT2D eigenvalue weighted by Crippen LogP contribution is 2.05. The Bertz CT molecular complexity index is 575. The highest BCUT2D eigenvalue weighted by molar-refractivity contribution is 5.94. The molecule has 0 spiro atoms. The van der Waals surface area contributed by atoms with Crippen molar-refractivity contribution in [2.24, 2.45) is 7.05 Å². The van der Waals surface area contributed by atoms with Crippen molar-refractivity contribution in [2.45, 2.75) is 13.3 Å². The number of hydrogen-bond acceptors (Lipinski definition) is 2. The van der Waals surface area contributed by atoms with Crippen molar-refractivity contribution in [3.05, 3.63) is 53.1 Å². The standard InChI is InChI=1S/C14H16FN3O/c1-10-13(9-18(2)17-10)14(19)16-8-7-11-3-5-12(15)6-4-11/h3-6,9H,7-8H2,1-2H3,(H,16,19). The predicted octanol–water partition coefficient (Wildman–Crippen LogP) is 1.84. The average Bonchev–Trinajstić information content (AvgIpc) is 2.71. The minimum Gasteiger partial charge on any atom is -0.352 e. The van der Waals surface area contributed by atoms with Crippen molar-refractivity contribution < 1.29 is 9.18 Å². The van der Waals surface area contributed by atoms with Gasteiger partial charge in [-0.25, -0.2) is 4.39 Å². The van der Waals surface area contributed by atoms with Crippen molar-refractivity contribution in [2.75, 3.05) is 6.54 Å². The molecule has 2 rings (SSSR count). The molecule has 0 fully saturated rings. The van der Waals surface area contributed by atoms with E-state index >= 15 is 0 Å². The Morgan fingerprint density at radius 1 is 1.37 bits per heavy atom. The van der Waals surface area contributed by atoms with E-state index in [1.165, 1.54) is 12.1 Å². The summed E-state index contributed by atoms with van der Waals surface area (Å²) in [6.45, 7) is 2.31. The second-order valence-corrected chi connectivity index (χ2v) is 4.43. The molecule has 0 radical (unpaired) electrons. The molecular weight excluding hydrogens is 245 g/mol. The van der Waals surface area contributed by atoms with Gasteiger partial charge in [0, 0.05) is 19.8 Å². The molecule has 0 aliphatic rings. The summed E-state index contributed by atoms with van der Waals surface area (Å²) in [5.74, 6) is -0.383. The van der Waals surface area contributed by atoms with E-state index in [1.807, 2.05) is 0 Å². The molecule has 0 saturated heterocycles. The number of aromatic nitrogens is 2. The number of nitrogens with one attached hydrogen (secondary N) is 1. The van der Waals surface area contributed by atoms with Crippen LogP contribution in [0.2, 0.25) is 0 Å². The van der Waals surface area contributed by atoms with E-state index in [2.05, 4.69) is 10.4 Å². The van der Waals surface area contributed by atoms with Gasteiger partial charge < -0.3 is 5.32 Å². The van der Waals surface area contributed by atoms with Crippen molar-refractivity contribution in [1.29, 1.82) is 0 Å². The lowest BCUT2D eigenvalue weighted by molar-refractivity contribution is 0.0953. The lowest BCUT2D eigenvalue weighted by Gasteiger charge is -2.04. The van der Waals surface area contributed by atoms with Crippen LogP contribution in [0.15, 0.2) is 30.5 Å². The van der Waals surface area contributed by atoms with Gasteiger partial charge in [0.25, 0.3) is 5.91 Å². The van der Waals surface area contributed by atoms with E-state index in [9.17, 15) is 9.18 Å². The first-order valence-electron chi connectivity index (χ1n) is 6.09. The van der Waals surface area contributed by atoms with Crippen LogP contribution in [0, 0.1) is 12.7 Å². The van der Waals surface area contributed by atoms with Gasteiger partial charge in [-0.2, -0.15) is 5.10 Å². The van der Waals surface area contributed by atoms with Gasteiger partial charge in [-0.1, -0.05) is 12.1 Å². The Labute approximate surface area is 111 Å². The van der Waals surface area contributed by atoms with Crippen LogP contribution in [0.5, 0.6) is 0 Å². The third-order valence-corrected chi connectivity index (χ3v) is 2.87. The summed E-state index contributed by atoms with van der Waals surface area (Å²) in [5.41, 5.74) is 2.29. The van der Waals surface area contributed by atoms with Crippen molar-refractivity contribution in [3.63, 3.8) is 0 Å². The van der Waals surface area contributed by atoms with Gasteiger partial charge >= 0.3 is 0 Å². The summed E-state index contributed by atoms with van der Waals surface area (Å²) in [6.07, 6.45) is 2.37. The fraction of sp³-hybridized carbons (Fsp3) is 0.286. The zero-order valence-corrected chi connectivity index (χ0v) is 11.0. The molecule has 4 nitrogen and oxygen atoms in total. The van der Waals surface area contributed by atoms with Gasteiger partial charge in [0.05, 0.1) is 11.3 Å². The molecule has 1 amide bonds. The number of carbonyl (C=O) groups is 1. The summed E-state index contributed by atoms with van der Waals surface area (Å²) in [5, 5.41) is 6.95. The lowest BCUT2D eigenvalue weighted by Crippen LogP contribution is -2.25. The number of aryl methyl sites for hydroxylation is 2. The molecule has 1 N–H and O–H groups in total. The molecule has 0 aliphatic heterocycles. The average molecular weight is 261 g/mol.